The van der Waals surface area contributed by atoms with Crippen LogP contribution in [-0.2, 0) is 16.1 Å². The monoisotopic (exact) mass is 272 g/mol. The summed E-state index contributed by atoms with van der Waals surface area (Å²) in [5.74, 6) is 0.298. The molecule has 2 rings (SSSR count). The molecule has 0 amide bonds. The molecule has 1 atom stereocenters. The van der Waals surface area contributed by atoms with Gasteiger partial charge in [0.1, 0.15) is 19.0 Å². The maximum absolute atomic E-state index is 11.0. The fourth-order valence-electron chi connectivity index (χ4n) is 1.90. The van der Waals surface area contributed by atoms with Crippen LogP contribution in [0.3, 0.4) is 0 Å². The lowest BCUT2D eigenvalue weighted by Gasteiger charge is -2.16. The summed E-state index contributed by atoms with van der Waals surface area (Å²) in [5.41, 5.74) is 1.89. The Hall–Kier alpha value is -2.43. The quantitative estimate of drug-likeness (QED) is 0.783. The van der Waals surface area contributed by atoms with Gasteiger partial charge >= 0.3 is 5.97 Å². The van der Waals surface area contributed by atoms with Crippen LogP contribution in [0.4, 0.5) is 0 Å². The van der Waals surface area contributed by atoms with E-state index in [4.69, 9.17) is 9.47 Å². The molecule has 0 aliphatic carbocycles. The molecule has 5 heteroatoms. The zero-order chi connectivity index (χ0) is 14.4. The Morgan fingerprint density at radius 1 is 1.25 bits per heavy atom. The third-order valence-corrected chi connectivity index (χ3v) is 2.77. The molecule has 1 heterocycles. The molecule has 2 aromatic rings. The van der Waals surface area contributed by atoms with E-state index in [-0.39, 0.29) is 12.1 Å². The topological polar surface area (TPSA) is 61.3 Å². The van der Waals surface area contributed by atoms with E-state index in [2.05, 4.69) is 9.97 Å². The summed E-state index contributed by atoms with van der Waals surface area (Å²) < 4.78 is 10.8. The van der Waals surface area contributed by atoms with Gasteiger partial charge in [-0.1, -0.05) is 24.3 Å². The van der Waals surface area contributed by atoms with E-state index < -0.39 is 0 Å². The van der Waals surface area contributed by atoms with Crippen molar-refractivity contribution in [3.05, 3.63) is 54.1 Å². The smallest absolute Gasteiger partial charge is 0.303 e. The van der Waals surface area contributed by atoms with E-state index in [9.17, 15) is 4.79 Å². The summed E-state index contributed by atoms with van der Waals surface area (Å²) in [6.07, 6.45) is 4.35. The second-order valence-corrected chi connectivity index (χ2v) is 4.31. The maximum atomic E-state index is 11.0. The maximum Gasteiger partial charge on any atom is 0.303 e. The van der Waals surface area contributed by atoms with Gasteiger partial charge in [-0.3, -0.25) is 4.79 Å². The van der Waals surface area contributed by atoms with Gasteiger partial charge in [-0.2, -0.15) is 0 Å². The second kappa shape index (κ2) is 6.65. The highest BCUT2D eigenvalue weighted by atomic mass is 16.5. The number of benzene rings is 1. The summed E-state index contributed by atoms with van der Waals surface area (Å²) in [6, 6.07) is 7.70. The average molecular weight is 272 g/mol. The highest BCUT2D eigenvalue weighted by Gasteiger charge is 2.13. The van der Waals surface area contributed by atoms with Crippen molar-refractivity contribution in [1.29, 1.82) is 0 Å². The Morgan fingerprint density at radius 3 is 2.65 bits per heavy atom. The molecule has 0 spiro atoms. The molecule has 0 bridgehead atoms. The van der Waals surface area contributed by atoms with Gasteiger partial charge in [0.2, 0.25) is 0 Å². The summed E-state index contributed by atoms with van der Waals surface area (Å²) in [7, 11) is 0. The number of carbonyl (C=O) groups is 1. The minimum atomic E-state index is -0.306. The van der Waals surface area contributed by atoms with Crippen molar-refractivity contribution >= 4 is 5.97 Å². The first-order valence-electron chi connectivity index (χ1n) is 6.29. The van der Waals surface area contributed by atoms with E-state index in [1.807, 2.05) is 31.2 Å². The lowest BCUT2D eigenvalue weighted by Crippen LogP contribution is -2.09. The Bertz CT molecular complexity index is 572. The van der Waals surface area contributed by atoms with Gasteiger partial charge in [0, 0.05) is 6.92 Å². The highest BCUT2D eigenvalue weighted by Crippen LogP contribution is 2.22. The highest BCUT2D eigenvalue weighted by molar-refractivity contribution is 5.66. The first-order chi connectivity index (χ1) is 9.66. The predicted molar refractivity (Wildman–Crippen MR) is 73.0 cm³/mol. The summed E-state index contributed by atoms with van der Waals surface area (Å²) in [5, 5.41) is 0. The van der Waals surface area contributed by atoms with E-state index in [1.165, 1.54) is 13.3 Å². The van der Waals surface area contributed by atoms with Crippen molar-refractivity contribution in [2.75, 3.05) is 0 Å². The Balaban J connectivity index is 2.09. The van der Waals surface area contributed by atoms with E-state index in [1.54, 1.807) is 12.4 Å². The van der Waals surface area contributed by atoms with Crippen LogP contribution < -0.4 is 4.74 Å². The summed E-state index contributed by atoms with van der Waals surface area (Å²) >= 11 is 0. The molecule has 5 nitrogen and oxygen atoms in total. The molecular weight excluding hydrogens is 256 g/mol. The first kappa shape index (κ1) is 14.0. The number of carbonyl (C=O) groups excluding carboxylic acids is 1. The van der Waals surface area contributed by atoms with Gasteiger partial charge < -0.3 is 9.47 Å². The third-order valence-electron chi connectivity index (χ3n) is 2.77. The molecule has 0 aliphatic heterocycles. The van der Waals surface area contributed by atoms with Crippen LogP contribution in [0.1, 0.15) is 31.1 Å². The molecule has 1 aromatic carbocycles. The van der Waals surface area contributed by atoms with Crippen LogP contribution in [-0.4, -0.2) is 15.9 Å². The van der Waals surface area contributed by atoms with E-state index in [0.717, 1.165) is 11.1 Å². The molecule has 20 heavy (non-hydrogen) atoms. The number of nitrogens with zero attached hydrogens (tertiary/aromatic N) is 2. The number of ether oxygens (including phenoxy) is 2. The predicted octanol–water partition coefficient (Wildman–Crippen LogP) is 2.68. The van der Waals surface area contributed by atoms with Crippen LogP contribution in [0.25, 0.3) is 0 Å². The molecule has 0 aliphatic rings. The normalized spacial score (nSPS) is 11.7. The van der Waals surface area contributed by atoms with Crippen molar-refractivity contribution in [2.45, 2.75) is 26.6 Å². The minimum absolute atomic E-state index is 0.301. The zero-order valence-electron chi connectivity index (χ0n) is 11.4. The minimum Gasteiger partial charge on any atom is -0.486 e. The Morgan fingerprint density at radius 2 is 1.95 bits per heavy atom. The number of hydrogen-bond acceptors (Lipinski definition) is 5. The second-order valence-electron chi connectivity index (χ2n) is 4.31. The fourth-order valence-corrected chi connectivity index (χ4v) is 1.90. The number of esters is 1. The van der Waals surface area contributed by atoms with Crippen molar-refractivity contribution in [3.63, 3.8) is 0 Å². The lowest BCUT2D eigenvalue weighted by molar-refractivity contribution is -0.145. The van der Waals surface area contributed by atoms with Gasteiger partial charge in [-0.25, -0.2) is 9.97 Å². The molecular formula is C15H16N2O3. The van der Waals surface area contributed by atoms with Crippen LogP contribution >= 0.6 is 0 Å². The van der Waals surface area contributed by atoms with Crippen LogP contribution in [0.5, 0.6) is 5.75 Å². The lowest BCUT2D eigenvalue weighted by atomic mass is 10.0. The molecule has 0 saturated heterocycles. The largest absolute Gasteiger partial charge is 0.486 e. The number of hydrogen-bond donors (Lipinski definition) is 0. The summed E-state index contributed by atoms with van der Waals surface area (Å²) in [6.45, 7) is 3.61. The van der Waals surface area contributed by atoms with Crippen molar-refractivity contribution in [2.24, 2.45) is 0 Å². The molecule has 104 valence electrons. The van der Waals surface area contributed by atoms with Crippen molar-refractivity contribution in [1.82, 2.24) is 9.97 Å². The zero-order valence-corrected chi connectivity index (χ0v) is 11.4. The van der Waals surface area contributed by atoms with Crippen molar-refractivity contribution < 1.29 is 14.3 Å². The number of aromatic nitrogens is 2. The van der Waals surface area contributed by atoms with Gasteiger partial charge in [0.15, 0.2) is 5.75 Å². The first-order valence-corrected chi connectivity index (χ1v) is 6.29. The number of rotatable bonds is 5. The molecule has 0 radical (unpaired) electrons. The molecule has 0 saturated carbocycles. The summed E-state index contributed by atoms with van der Waals surface area (Å²) in [4.78, 5) is 18.8. The molecule has 1 unspecified atom stereocenters. The molecule has 1 aromatic heterocycles. The Labute approximate surface area is 117 Å². The molecule has 0 fully saturated rings. The third kappa shape index (κ3) is 3.78. The van der Waals surface area contributed by atoms with Gasteiger partial charge in [-0.15, -0.1) is 0 Å². The van der Waals surface area contributed by atoms with Crippen molar-refractivity contribution in [3.8, 4) is 5.75 Å². The average Bonchev–Trinajstić information content (AvgIpc) is 2.46. The van der Waals surface area contributed by atoms with E-state index >= 15 is 0 Å². The van der Waals surface area contributed by atoms with Gasteiger partial charge in [0.05, 0.1) is 12.4 Å². The molecule has 0 N–H and O–H groups in total. The Kier molecular flexibility index (Phi) is 4.65. The van der Waals surface area contributed by atoms with Crippen LogP contribution in [0, 0.1) is 0 Å². The van der Waals surface area contributed by atoms with Crippen LogP contribution in [0.15, 0.2) is 43.0 Å². The SMILES string of the molecule is CC(=O)OC(C)c1ccccc1COc1cncnc1. The standard InChI is InChI=1S/C15H16N2O3/c1-11(20-12(2)18)15-6-4-3-5-13(15)9-19-14-7-16-10-17-8-14/h3-8,10-11H,9H2,1-2H3. The fraction of sp³-hybridized carbons (Fsp3) is 0.267. The van der Waals surface area contributed by atoms with Gasteiger partial charge in [0.25, 0.3) is 0 Å². The van der Waals surface area contributed by atoms with E-state index in [0.29, 0.717) is 12.4 Å². The van der Waals surface area contributed by atoms with Gasteiger partial charge in [-0.05, 0) is 18.1 Å². The van der Waals surface area contributed by atoms with Crippen LogP contribution in [0.2, 0.25) is 0 Å².